The van der Waals surface area contributed by atoms with Gasteiger partial charge in [0.1, 0.15) is 29.4 Å². The highest BCUT2D eigenvalue weighted by atomic mass is 32.2. The third kappa shape index (κ3) is 3.42. The van der Waals surface area contributed by atoms with Crippen molar-refractivity contribution in [3.8, 4) is 11.5 Å². The van der Waals surface area contributed by atoms with Crippen molar-refractivity contribution < 1.29 is 14.3 Å². The van der Waals surface area contributed by atoms with Crippen molar-refractivity contribution in [3.05, 3.63) is 35.0 Å². The van der Waals surface area contributed by atoms with E-state index in [1.165, 1.54) is 35.0 Å². The highest BCUT2D eigenvalue weighted by Crippen LogP contribution is 2.39. The first-order valence-corrected chi connectivity index (χ1v) is 11.2. The van der Waals surface area contributed by atoms with Gasteiger partial charge in [0.25, 0.3) is 0 Å². The molecular formula is C20H19N3O3S2. The number of rotatable bonds is 4. The molecular weight excluding hydrogens is 394 g/mol. The second-order valence-electron chi connectivity index (χ2n) is 6.77. The van der Waals surface area contributed by atoms with Crippen LogP contribution in [0.2, 0.25) is 0 Å². The molecule has 0 bridgehead atoms. The summed E-state index contributed by atoms with van der Waals surface area (Å²) in [5.74, 6) is 1.60. The van der Waals surface area contributed by atoms with Crippen LogP contribution in [0.15, 0.2) is 29.6 Å². The van der Waals surface area contributed by atoms with Crippen LogP contribution in [0.25, 0.3) is 10.2 Å². The van der Waals surface area contributed by atoms with Gasteiger partial charge in [0.2, 0.25) is 5.91 Å². The quantitative estimate of drug-likeness (QED) is 0.513. The molecule has 8 heteroatoms. The highest BCUT2D eigenvalue weighted by molar-refractivity contribution is 8.00. The molecule has 0 radical (unpaired) electrons. The zero-order valence-corrected chi connectivity index (χ0v) is 16.8. The zero-order chi connectivity index (χ0) is 18.9. The van der Waals surface area contributed by atoms with Gasteiger partial charge in [0.15, 0.2) is 11.5 Å². The number of ether oxygens (including phenoxy) is 2. The summed E-state index contributed by atoms with van der Waals surface area (Å²) in [5.41, 5.74) is 2.09. The lowest BCUT2D eigenvalue weighted by Crippen LogP contribution is -2.17. The monoisotopic (exact) mass is 413 g/mol. The standard InChI is InChI=1S/C20H19N3O3S2/c24-17(23-12-5-6-14-15(9-12)26-8-7-25-14)10-27-19-18-13-3-1-2-4-16(13)28-20(18)22-11-21-19/h5-6,9,11H,1-4,7-8,10H2,(H,23,24). The first kappa shape index (κ1) is 17.8. The van der Waals surface area contributed by atoms with Crippen molar-refractivity contribution in [3.63, 3.8) is 0 Å². The third-order valence-electron chi connectivity index (χ3n) is 4.88. The molecule has 1 amide bonds. The number of amides is 1. The van der Waals surface area contributed by atoms with Gasteiger partial charge in [-0.25, -0.2) is 9.97 Å². The number of hydrogen-bond donors (Lipinski definition) is 1. The first-order chi connectivity index (χ1) is 13.8. The maximum Gasteiger partial charge on any atom is 0.234 e. The van der Waals surface area contributed by atoms with Crippen LogP contribution in [0.5, 0.6) is 11.5 Å². The van der Waals surface area contributed by atoms with E-state index >= 15 is 0 Å². The van der Waals surface area contributed by atoms with E-state index in [1.54, 1.807) is 23.7 Å². The van der Waals surface area contributed by atoms with E-state index in [9.17, 15) is 4.79 Å². The van der Waals surface area contributed by atoms with Crippen LogP contribution in [0.1, 0.15) is 23.3 Å². The van der Waals surface area contributed by atoms with E-state index in [2.05, 4.69) is 15.3 Å². The average Bonchev–Trinajstić information content (AvgIpc) is 3.11. The average molecular weight is 414 g/mol. The predicted octanol–water partition coefficient (Wildman–Crippen LogP) is 4.07. The van der Waals surface area contributed by atoms with Gasteiger partial charge in [-0.05, 0) is 43.4 Å². The first-order valence-electron chi connectivity index (χ1n) is 9.35. The van der Waals surface area contributed by atoms with Gasteiger partial charge >= 0.3 is 0 Å². The van der Waals surface area contributed by atoms with Crippen LogP contribution in [0.3, 0.4) is 0 Å². The van der Waals surface area contributed by atoms with Crippen LogP contribution >= 0.6 is 23.1 Å². The Morgan fingerprint density at radius 3 is 2.93 bits per heavy atom. The fraction of sp³-hybridized carbons (Fsp3) is 0.350. The van der Waals surface area contributed by atoms with E-state index in [0.29, 0.717) is 36.2 Å². The van der Waals surface area contributed by atoms with Gasteiger partial charge in [-0.2, -0.15) is 0 Å². The van der Waals surface area contributed by atoms with E-state index in [1.807, 2.05) is 12.1 Å². The molecule has 1 aliphatic carbocycles. The predicted molar refractivity (Wildman–Crippen MR) is 111 cm³/mol. The lowest BCUT2D eigenvalue weighted by atomic mass is 9.97. The number of nitrogens with one attached hydrogen (secondary N) is 1. The third-order valence-corrected chi connectivity index (χ3v) is 7.07. The Balaban J connectivity index is 1.30. The summed E-state index contributed by atoms with van der Waals surface area (Å²) < 4.78 is 11.1. The summed E-state index contributed by atoms with van der Waals surface area (Å²) >= 11 is 3.24. The van der Waals surface area contributed by atoms with E-state index < -0.39 is 0 Å². The number of hydrogen-bond acceptors (Lipinski definition) is 7. The number of aryl methyl sites for hydroxylation is 2. The fourth-order valence-electron chi connectivity index (χ4n) is 3.62. The molecule has 3 heterocycles. The maximum absolute atomic E-state index is 12.5. The molecule has 1 aromatic carbocycles. The number of benzene rings is 1. The summed E-state index contributed by atoms with van der Waals surface area (Å²) in [6.45, 7) is 1.07. The number of thiophene rings is 1. The van der Waals surface area contributed by atoms with Crippen LogP contribution in [-0.2, 0) is 17.6 Å². The van der Waals surface area contributed by atoms with Gasteiger partial charge in [0, 0.05) is 22.0 Å². The molecule has 2 aliphatic rings. The molecule has 2 aromatic heterocycles. The van der Waals surface area contributed by atoms with Crippen molar-refractivity contribution in [1.29, 1.82) is 0 Å². The summed E-state index contributed by atoms with van der Waals surface area (Å²) in [7, 11) is 0. The Kier molecular flexibility index (Phi) is 4.82. The van der Waals surface area contributed by atoms with Crippen molar-refractivity contribution in [1.82, 2.24) is 9.97 Å². The molecule has 0 saturated heterocycles. The van der Waals surface area contributed by atoms with Crippen LogP contribution in [0, 0.1) is 0 Å². The summed E-state index contributed by atoms with van der Waals surface area (Å²) in [6.07, 6.45) is 6.27. The van der Waals surface area contributed by atoms with E-state index in [4.69, 9.17) is 9.47 Å². The normalized spacial score (nSPS) is 15.3. The SMILES string of the molecule is O=C(CSc1ncnc2sc3c(c12)CCCC3)Nc1ccc2c(c1)OCCO2. The maximum atomic E-state index is 12.5. The number of fused-ring (bicyclic) bond motifs is 4. The number of anilines is 1. The van der Waals surface area contributed by atoms with Gasteiger partial charge < -0.3 is 14.8 Å². The lowest BCUT2D eigenvalue weighted by Gasteiger charge is -2.19. The van der Waals surface area contributed by atoms with Crippen LogP contribution in [-0.4, -0.2) is 34.8 Å². The number of carbonyl (C=O) groups is 1. The minimum absolute atomic E-state index is 0.0717. The Morgan fingerprint density at radius 1 is 1.14 bits per heavy atom. The summed E-state index contributed by atoms with van der Waals surface area (Å²) in [6, 6.07) is 5.45. The molecule has 5 rings (SSSR count). The molecule has 3 aromatic rings. The Hall–Kier alpha value is -2.32. The molecule has 0 saturated carbocycles. The largest absolute Gasteiger partial charge is 0.486 e. The van der Waals surface area contributed by atoms with Gasteiger partial charge in [0.05, 0.1) is 5.75 Å². The molecule has 1 N–H and O–H groups in total. The second-order valence-corrected chi connectivity index (χ2v) is 8.81. The summed E-state index contributed by atoms with van der Waals surface area (Å²) in [4.78, 5) is 23.9. The molecule has 0 fully saturated rings. The topological polar surface area (TPSA) is 73.3 Å². The molecule has 0 atom stereocenters. The van der Waals surface area contributed by atoms with E-state index in [0.717, 1.165) is 28.1 Å². The molecule has 1 aliphatic heterocycles. The van der Waals surface area contributed by atoms with Gasteiger partial charge in [-0.15, -0.1) is 11.3 Å². The molecule has 28 heavy (non-hydrogen) atoms. The molecule has 0 spiro atoms. The Bertz CT molecular complexity index is 1050. The van der Waals surface area contributed by atoms with E-state index in [-0.39, 0.29) is 5.91 Å². The Labute approximate surface area is 170 Å². The minimum atomic E-state index is -0.0717. The Morgan fingerprint density at radius 2 is 2.00 bits per heavy atom. The fourth-order valence-corrected chi connectivity index (χ4v) is 5.74. The lowest BCUT2D eigenvalue weighted by molar-refractivity contribution is -0.113. The highest BCUT2D eigenvalue weighted by Gasteiger charge is 2.20. The van der Waals surface area contributed by atoms with Crippen molar-refractivity contribution in [2.75, 3.05) is 24.3 Å². The number of thioether (sulfide) groups is 1. The van der Waals surface area contributed by atoms with Gasteiger partial charge in [-0.1, -0.05) is 11.8 Å². The zero-order valence-electron chi connectivity index (χ0n) is 15.2. The molecule has 144 valence electrons. The minimum Gasteiger partial charge on any atom is -0.486 e. The molecule has 6 nitrogen and oxygen atoms in total. The number of nitrogens with zero attached hydrogens (tertiary/aromatic N) is 2. The summed E-state index contributed by atoms with van der Waals surface area (Å²) in [5, 5.41) is 4.99. The number of aromatic nitrogens is 2. The second kappa shape index (κ2) is 7.60. The van der Waals surface area contributed by atoms with Crippen molar-refractivity contribution >= 4 is 44.9 Å². The van der Waals surface area contributed by atoms with Gasteiger partial charge in [-0.3, -0.25) is 4.79 Å². The van der Waals surface area contributed by atoms with Crippen LogP contribution in [0.4, 0.5) is 5.69 Å². The van der Waals surface area contributed by atoms with Crippen molar-refractivity contribution in [2.24, 2.45) is 0 Å². The molecule has 0 unspecified atom stereocenters. The van der Waals surface area contributed by atoms with Crippen molar-refractivity contribution in [2.45, 2.75) is 30.7 Å². The smallest absolute Gasteiger partial charge is 0.234 e. The van der Waals surface area contributed by atoms with Crippen LogP contribution < -0.4 is 14.8 Å². The number of carbonyl (C=O) groups excluding carboxylic acids is 1.